The molecular weight excluding hydrogens is 406 g/mol. The molecule has 0 unspecified atom stereocenters. The average Bonchev–Trinajstić information content (AvgIpc) is 3.08. The number of halogens is 1. The Kier molecular flexibility index (Phi) is 6.70. The summed E-state index contributed by atoms with van der Waals surface area (Å²) in [5.41, 5.74) is 3.02. The fourth-order valence-electron chi connectivity index (χ4n) is 2.82. The number of nitrogens with one attached hydrogen (secondary N) is 2. The van der Waals surface area contributed by atoms with Crippen LogP contribution in [0.3, 0.4) is 0 Å². The number of nitrogens with zero attached hydrogens (tertiary/aromatic N) is 3. The zero-order valence-electron chi connectivity index (χ0n) is 15.6. The molecule has 6 nitrogen and oxygen atoms in total. The van der Waals surface area contributed by atoms with E-state index in [9.17, 15) is 0 Å². The van der Waals surface area contributed by atoms with Crippen LogP contribution in [-0.4, -0.2) is 35.5 Å². The van der Waals surface area contributed by atoms with Crippen molar-refractivity contribution in [3.63, 3.8) is 0 Å². The van der Waals surface area contributed by atoms with Gasteiger partial charge in [-0.1, -0.05) is 18.2 Å². The number of pyridine rings is 1. The highest BCUT2D eigenvalue weighted by molar-refractivity contribution is 9.10. The topological polar surface area (TPSA) is 63.0 Å². The van der Waals surface area contributed by atoms with E-state index in [0.717, 1.165) is 47.0 Å². The molecule has 0 aliphatic rings. The Morgan fingerprint density at radius 2 is 2.04 bits per heavy atom. The molecule has 0 bridgehead atoms. The SMILES string of the molecule is CCNC(=NCc1cn2cc(Br)ccc2n1)NCCc1ccccc1OC. The third-order valence-corrected chi connectivity index (χ3v) is 4.56. The second-order valence-corrected chi connectivity index (χ2v) is 6.94. The normalized spacial score (nSPS) is 11.6. The lowest BCUT2D eigenvalue weighted by atomic mass is 10.1. The molecule has 0 saturated carbocycles. The number of ether oxygens (including phenoxy) is 1. The number of guanidine groups is 1. The van der Waals surface area contributed by atoms with Gasteiger partial charge in [-0.3, -0.25) is 0 Å². The molecule has 3 aromatic rings. The number of aliphatic imine (C=N–C) groups is 1. The molecule has 2 aromatic heterocycles. The monoisotopic (exact) mass is 429 g/mol. The summed E-state index contributed by atoms with van der Waals surface area (Å²) < 4.78 is 8.42. The maximum absolute atomic E-state index is 5.41. The average molecular weight is 430 g/mol. The van der Waals surface area contributed by atoms with E-state index in [0.29, 0.717) is 6.54 Å². The number of methoxy groups -OCH3 is 1. The maximum atomic E-state index is 5.41. The zero-order valence-corrected chi connectivity index (χ0v) is 17.2. The third-order valence-electron chi connectivity index (χ3n) is 4.09. The Bertz CT molecular complexity index is 922. The minimum Gasteiger partial charge on any atom is -0.496 e. The lowest BCUT2D eigenvalue weighted by Crippen LogP contribution is -2.38. The molecule has 0 aliphatic heterocycles. The van der Waals surface area contributed by atoms with Crippen LogP contribution in [0.2, 0.25) is 0 Å². The van der Waals surface area contributed by atoms with E-state index in [1.54, 1.807) is 7.11 Å². The summed E-state index contributed by atoms with van der Waals surface area (Å²) >= 11 is 3.48. The molecule has 0 saturated heterocycles. The summed E-state index contributed by atoms with van der Waals surface area (Å²) in [5.74, 6) is 1.70. The van der Waals surface area contributed by atoms with Crippen molar-refractivity contribution in [2.24, 2.45) is 4.99 Å². The Morgan fingerprint density at radius 1 is 1.19 bits per heavy atom. The van der Waals surface area contributed by atoms with Crippen LogP contribution in [0, 0.1) is 0 Å². The Balaban J connectivity index is 1.61. The highest BCUT2D eigenvalue weighted by atomic mass is 79.9. The minimum atomic E-state index is 0.517. The highest BCUT2D eigenvalue weighted by Gasteiger charge is 2.04. The molecule has 7 heteroatoms. The van der Waals surface area contributed by atoms with E-state index in [2.05, 4.69) is 49.5 Å². The fourth-order valence-corrected chi connectivity index (χ4v) is 3.17. The summed E-state index contributed by atoms with van der Waals surface area (Å²) in [5, 5.41) is 6.65. The second kappa shape index (κ2) is 9.41. The van der Waals surface area contributed by atoms with E-state index in [-0.39, 0.29) is 0 Å². The molecule has 0 aliphatic carbocycles. The fraction of sp³-hybridized carbons (Fsp3) is 0.300. The van der Waals surface area contributed by atoms with Crippen molar-refractivity contribution < 1.29 is 4.74 Å². The first-order valence-electron chi connectivity index (χ1n) is 8.97. The molecule has 0 radical (unpaired) electrons. The Morgan fingerprint density at radius 3 is 2.85 bits per heavy atom. The molecule has 2 heterocycles. The summed E-state index contributed by atoms with van der Waals surface area (Å²) in [4.78, 5) is 9.25. The third kappa shape index (κ3) is 5.23. The first-order chi connectivity index (χ1) is 13.2. The first kappa shape index (κ1) is 19.2. The van der Waals surface area contributed by atoms with Crippen molar-refractivity contribution in [2.45, 2.75) is 19.9 Å². The summed E-state index contributed by atoms with van der Waals surface area (Å²) in [6.45, 7) is 4.14. The van der Waals surface area contributed by atoms with Crippen molar-refractivity contribution in [2.75, 3.05) is 20.2 Å². The quantitative estimate of drug-likeness (QED) is 0.446. The molecule has 27 heavy (non-hydrogen) atoms. The minimum absolute atomic E-state index is 0.517. The van der Waals surface area contributed by atoms with Crippen LogP contribution in [-0.2, 0) is 13.0 Å². The summed E-state index contributed by atoms with van der Waals surface area (Å²) in [7, 11) is 1.70. The van der Waals surface area contributed by atoms with Gasteiger partial charge in [-0.15, -0.1) is 0 Å². The number of hydrogen-bond acceptors (Lipinski definition) is 3. The smallest absolute Gasteiger partial charge is 0.191 e. The van der Waals surface area contributed by atoms with Gasteiger partial charge in [0.15, 0.2) is 5.96 Å². The van der Waals surface area contributed by atoms with Crippen LogP contribution in [0.5, 0.6) is 5.75 Å². The van der Waals surface area contributed by atoms with Gasteiger partial charge >= 0.3 is 0 Å². The molecule has 142 valence electrons. The number of imidazole rings is 1. The van der Waals surface area contributed by atoms with Gasteiger partial charge in [-0.05, 0) is 53.0 Å². The van der Waals surface area contributed by atoms with Crippen LogP contribution in [0.4, 0.5) is 0 Å². The molecule has 3 rings (SSSR count). The summed E-state index contributed by atoms with van der Waals surface area (Å²) in [6.07, 6.45) is 4.85. The van der Waals surface area contributed by atoms with Gasteiger partial charge in [0.25, 0.3) is 0 Å². The highest BCUT2D eigenvalue weighted by Crippen LogP contribution is 2.17. The number of para-hydroxylation sites is 1. The van der Waals surface area contributed by atoms with E-state index in [1.165, 1.54) is 5.56 Å². The zero-order chi connectivity index (χ0) is 19.1. The van der Waals surface area contributed by atoms with Gasteiger partial charge in [0, 0.05) is 30.0 Å². The molecule has 0 spiro atoms. The molecule has 2 N–H and O–H groups in total. The molecule has 1 aromatic carbocycles. The predicted molar refractivity (Wildman–Crippen MR) is 112 cm³/mol. The lowest BCUT2D eigenvalue weighted by molar-refractivity contribution is 0.409. The largest absolute Gasteiger partial charge is 0.496 e. The Hall–Kier alpha value is -2.54. The van der Waals surface area contributed by atoms with Crippen molar-refractivity contribution in [3.8, 4) is 5.75 Å². The molecule has 0 atom stereocenters. The second-order valence-electron chi connectivity index (χ2n) is 6.03. The predicted octanol–water partition coefficient (Wildman–Crippen LogP) is 3.40. The van der Waals surface area contributed by atoms with Gasteiger partial charge in [0.2, 0.25) is 0 Å². The van der Waals surface area contributed by atoms with Crippen molar-refractivity contribution in [1.29, 1.82) is 0 Å². The maximum Gasteiger partial charge on any atom is 0.191 e. The van der Waals surface area contributed by atoms with E-state index in [4.69, 9.17) is 4.74 Å². The van der Waals surface area contributed by atoms with Crippen LogP contribution in [0.15, 0.2) is 58.3 Å². The van der Waals surface area contributed by atoms with E-state index >= 15 is 0 Å². The first-order valence-corrected chi connectivity index (χ1v) is 9.76. The van der Waals surface area contributed by atoms with Crippen molar-refractivity contribution >= 4 is 27.5 Å². The Labute approximate surface area is 167 Å². The van der Waals surface area contributed by atoms with Gasteiger partial charge in [-0.2, -0.15) is 0 Å². The van der Waals surface area contributed by atoms with Gasteiger partial charge < -0.3 is 19.8 Å². The number of benzene rings is 1. The standard InChI is InChI=1S/C20H24BrN5O/c1-3-22-20(23-11-10-15-6-4-5-7-18(15)27-2)24-12-17-14-26-13-16(21)8-9-19(26)25-17/h4-9,13-14H,3,10-12H2,1-2H3,(H2,22,23,24). The lowest BCUT2D eigenvalue weighted by Gasteiger charge is -2.12. The van der Waals surface area contributed by atoms with Crippen LogP contribution in [0.1, 0.15) is 18.2 Å². The molecule has 0 amide bonds. The van der Waals surface area contributed by atoms with Crippen LogP contribution >= 0.6 is 15.9 Å². The van der Waals surface area contributed by atoms with E-state index in [1.807, 2.05) is 47.1 Å². The number of hydrogen-bond donors (Lipinski definition) is 2. The van der Waals surface area contributed by atoms with Gasteiger partial charge in [-0.25, -0.2) is 9.98 Å². The van der Waals surface area contributed by atoms with Crippen LogP contribution in [0.25, 0.3) is 5.65 Å². The van der Waals surface area contributed by atoms with E-state index < -0.39 is 0 Å². The van der Waals surface area contributed by atoms with Crippen LogP contribution < -0.4 is 15.4 Å². The molecule has 0 fully saturated rings. The number of aromatic nitrogens is 2. The van der Waals surface area contributed by atoms with Gasteiger partial charge in [0.05, 0.1) is 19.3 Å². The van der Waals surface area contributed by atoms with Crippen molar-refractivity contribution in [3.05, 3.63) is 64.5 Å². The summed E-state index contributed by atoms with van der Waals surface area (Å²) in [6, 6.07) is 12.0. The number of fused-ring (bicyclic) bond motifs is 1. The van der Waals surface area contributed by atoms with Gasteiger partial charge in [0.1, 0.15) is 11.4 Å². The number of rotatable bonds is 7. The van der Waals surface area contributed by atoms with Crippen molar-refractivity contribution in [1.82, 2.24) is 20.0 Å². The molecular formula is C20H24BrN5O.